The quantitative estimate of drug-likeness (QED) is 0.408. The summed E-state index contributed by atoms with van der Waals surface area (Å²) in [6.45, 7) is 4.77. The normalized spacial score (nSPS) is 21.6. The van der Waals surface area contributed by atoms with Gasteiger partial charge < -0.3 is 14.8 Å². The van der Waals surface area contributed by atoms with Gasteiger partial charge in [0.15, 0.2) is 0 Å². The van der Waals surface area contributed by atoms with Crippen molar-refractivity contribution < 1.29 is 9.90 Å². The van der Waals surface area contributed by atoms with Crippen molar-refractivity contribution in [3.63, 3.8) is 0 Å². The van der Waals surface area contributed by atoms with Gasteiger partial charge in [-0.2, -0.15) is 0 Å². The maximum atomic E-state index is 11.0. The minimum absolute atomic E-state index is 0.284. The smallest absolute Gasteiger partial charge is 0.133 e. The molecule has 0 saturated carbocycles. The molecular weight excluding hydrogens is 456 g/mol. The molecule has 2 atom stereocenters. The topological polar surface area (TPSA) is 43.8 Å². The fraction of sp³-hybridized carbons (Fsp3) is 0.424. The number of carbonyl (C=O) groups is 1. The van der Waals surface area contributed by atoms with Crippen LogP contribution in [0.2, 0.25) is 0 Å². The lowest BCUT2D eigenvalue weighted by Crippen LogP contribution is -2.28. The van der Waals surface area contributed by atoms with Gasteiger partial charge in [-0.3, -0.25) is 4.90 Å². The Bertz CT molecular complexity index is 1140. The second kappa shape index (κ2) is 12.4. The number of rotatable bonds is 5. The maximum absolute atomic E-state index is 11.0. The summed E-state index contributed by atoms with van der Waals surface area (Å²) in [7, 11) is 0. The second-order valence-electron chi connectivity index (χ2n) is 10.7. The Labute approximate surface area is 221 Å². The summed E-state index contributed by atoms with van der Waals surface area (Å²) in [6, 6.07) is 26.2. The highest BCUT2D eigenvalue weighted by Gasteiger charge is 2.32. The van der Waals surface area contributed by atoms with Crippen LogP contribution in [0.5, 0.6) is 5.75 Å². The Morgan fingerprint density at radius 1 is 0.784 bits per heavy atom. The van der Waals surface area contributed by atoms with Crippen molar-refractivity contribution in [2.24, 2.45) is 0 Å². The van der Waals surface area contributed by atoms with Crippen LogP contribution in [0.15, 0.2) is 72.8 Å². The third-order valence-electron chi connectivity index (χ3n) is 8.32. The lowest BCUT2D eigenvalue weighted by atomic mass is 9.69. The zero-order valence-corrected chi connectivity index (χ0v) is 21.9. The second-order valence-corrected chi connectivity index (χ2v) is 10.7. The molecule has 1 heterocycles. The standard InChI is InChI=1S/C33H40N2O2/c36-24-23-34-19-5-2-6-21-35(22-8-7-20-34)29-14-11-27(12-15-29)33-31(26-9-3-1-4-10-26)17-13-28-25-30(37)16-18-32(28)33/h1,3-4,9-12,14-16,18,24-25,31,33,37H,2,5-8,13,17,19-23H2. The average Bonchev–Trinajstić information content (AvgIpc) is 2.98. The SMILES string of the molecule is O=CCN1CCCCCN(c2ccc(C3c4ccc(O)cc4CCC3c3ccccc3)cc2)CCCC1. The van der Waals surface area contributed by atoms with Crippen LogP contribution in [0.3, 0.4) is 0 Å². The van der Waals surface area contributed by atoms with Gasteiger partial charge in [0.05, 0.1) is 6.54 Å². The summed E-state index contributed by atoms with van der Waals surface area (Å²) in [5.74, 6) is 1.07. The molecule has 1 aliphatic carbocycles. The van der Waals surface area contributed by atoms with Crippen LogP contribution in [0.1, 0.15) is 72.6 Å². The summed E-state index contributed by atoms with van der Waals surface area (Å²) < 4.78 is 0. The first-order valence-corrected chi connectivity index (χ1v) is 14.1. The van der Waals surface area contributed by atoms with Gasteiger partial charge in [-0.05, 0) is 104 Å². The van der Waals surface area contributed by atoms with E-state index >= 15 is 0 Å². The number of phenols is 1. The van der Waals surface area contributed by atoms with E-state index in [4.69, 9.17) is 0 Å². The largest absolute Gasteiger partial charge is 0.508 e. The van der Waals surface area contributed by atoms with Crippen molar-refractivity contribution in [1.29, 1.82) is 0 Å². The molecule has 4 nitrogen and oxygen atoms in total. The number of nitrogens with zero attached hydrogens (tertiary/aromatic N) is 2. The first-order valence-electron chi connectivity index (χ1n) is 14.1. The fourth-order valence-corrected chi connectivity index (χ4v) is 6.39. The third-order valence-corrected chi connectivity index (χ3v) is 8.32. The number of aromatic hydroxyl groups is 1. The number of aldehydes is 1. The molecule has 3 aromatic rings. The summed E-state index contributed by atoms with van der Waals surface area (Å²) in [6.07, 6.45) is 8.96. The maximum Gasteiger partial charge on any atom is 0.133 e. The molecule has 3 aromatic carbocycles. The van der Waals surface area contributed by atoms with Crippen LogP contribution in [0, 0.1) is 0 Å². The van der Waals surface area contributed by atoms with Gasteiger partial charge in [0.25, 0.3) is 0 Å². The molecule has 1 saturated heterocycles. The van der Waals surface area contributed by atoms with Crippen LogP contribution in [-0.2, 0) is 11.2 Å². The number of aryl methyl sites for hydroxylation is 1. The van der Waals surface area contributed by atoms with Crippen LogP contribution in [0.25, 0.3) is 0 Å². The Morgan fingerprint density at radius 3 is 2.24 bits per heavy atom. The van der Waals surface area contributed by atoms with Gasteiger partial charge >= 0.3 is 0 Å². The van der Waals surface area contributed by atoms with Gasteiger partial charge in [-0.15, -0.1) is 0 Å². The monoisotopic (exact) mass is 496 g/mol. The molecule has 1 fully saturated rings. The molecule has 2 aliphatic rings. The summed E-state index contributed by atoms with van der Waals surface area (Å²) >= 11 is 0. The number of benzene rings is 3. The molecule has 0 radical (unpaired) electrons. The van der Waals surface area contributed by atoms with E-state index in [1.165, 1.54) is 40.8 Å². The molecule has 0 aromatic heterocycles. The van der Waals surface area contributed by atoms with Crippen molar-refractivity contribution >= 4 is 12.0 Å². The highest BCUT2D eigenvalue weighted by molar-refractivity contribution is 5.53. The number of anilines is 1. The lowest BCUT2D eigenvalue weighted by Gasteiger charge is -2.35. The lowest BCUT2D eigenvalue weighted by molar-refractivity contribution is -0.108. The molecule has 2 unspecified atom stereocenters. The zero-order valence-electron chi connectivity index (χ0n) is 21.9. The van der Waals surface area contributed by atoms with E-state index in [1.54, 1.807) is 0 Å². The Kier molecular flexibility index (Phi) is 8.57. The van der Waals surface area contributed by atoms with Crippen molar-refractivity contribution in [3.8, 4) is 5.75 Å². The zero-order chi connectivity index (χ0) is 25.5. The van der Waals surface area contributed by atoms with Gasteiger partial charge in [-0.1, -0.05) is 55.0 Å². The molecule has 0 bridgehead atoms. The van der Waals surface area contributed by atoms with E-state index in [1.807, 2.05) is 12.1 Å². The number of fused-ring (bicyclic) bond motifs is 1. The van der Waals surface area contributed by atoms with E-state index in [-0.39, 0.29) is 5.92 Å². The predicted octanol–water partition coefficient (Wildman–Crippen LogP) is 6.53. The van der Waals surface area contributed by atoms with Crippen LogP contribution >= 0.6 is 0 Å². The van der Waals surface area contributed by atoms with Crippen LogP contribution < -0.4 is 4.90 Å². The molecule has 4 heteroatoms. The number of phenolic OH excluding ortho intramolecular Hbond substituents is 1. The summed E-state index contributed by atoms with van der Waals surface area (Å²) in [5, 5.41) is 10.1. The van der Waals surface area contributed by atoms with Crippen LogP contribution in [-0.4, -0.2) is 49.0 Å². The average molecular weight is 497 g/mol. The van der Waals surface area contributed by atoms with Gasteiger partial charge in [0.2, 0.25) is 0 Å². The van der Waals surface area contributed by atoms with Gasteiger partial charge in [-0.25, -0.2) is 0 Å². The van der Waals surface area contributed by atoms with E-state index in [0.29, 0.717) is 18.2 Å². The van der Waals surface area contributed by atoms with E-state index < -0.39 is 0 Å². The number of hydrogen-bond acceptors (Lipinski definition) is 4. The van der Waals surface area contributed by atoms with Gasteiger partial charge in [0, 0.05) is 24.7 Å². The van der Waals surface area contributed by atoms with E-state index in [0.717, 1.165) is 64.6 Å². The first kappa shape index (κ1) is 25.5. The fourth-order valence-electron chi connectivity index (χ4n) is 6.39. The first-order chi connectivity index (χ1) is 18.2. The Hall–Kier alpha value is -3.11. The highest BCUT2D eigenvalue weighted by atomic mass is 16.3. The minimum Gasteiger partial charge on any atom is -0.508 e. The van der Waals surface area contributed by atoms with Crippen molar-refractivity contribution in [3.05, 3.63) is 95.1 Å². The molecule has 1 N–H and O–H groups in total. The van der Waals surface area contributed by atoms with Gasteiger partial charge in [0.1, 0.15) is 12.0 Å². The molecule has 194 valence electrons. The summed E-state index contributed by atoms with van der Waals surface area (Å²) in [4.78, 5) is 15.9. The molecule has 1 aliphatic heterocycles. The van der Waals surface area contributed by atoms with Crippen LogP contribution in [0.4, 0.5) is 5.69 Å². The molecule has 37 heavy (non-hydrogen) atoms. The van der Waals surface area contributed by atoms with E-state index in [9.17, 15) is 9.90 Å². The van der Waals surface area contributed by atoms with Crippen molar-refractivity contribution in [1.82, 2.24) is 4.90 Å². The minimum atomic E-state index is 0.284. The van der Waals surface area contributed by atoms with Crippen molar-refractivity contribution in [2.75, 3.05) is 37.6 Å². The molecule has 0 spiro atoms. The highest BCUT2D eigenvalue weighted by Crippen LogP contribution is 2.47. The number of hydrogen-bond donors (Lipinski definition) is 1. The molecule has 5 rings (SSSR count). The molecular formula is C33H40N2O2. The molecule has 0 amide bonds. The Morgan fingerprint density at radius 2 is 1.49 bits per heavy atom. The number of carbonyl (C=O) groups excluding carboxylic acids is 1. The Balaban J connectivity index is 1.37. The third kappa shape index (κ3) is 6.24. The predicted molar refractivity (Wildman–Crippen MR) is 152 cm³/mol. The van der Waals surface area contributed by atoms with Crippen molar-refractivity contribution in [2.45, 2.75) is 56.8 Å². The van der Waals surface area contributed by atoms with E-state index in [2.05, 4.69) is 70.5 Å². The summed E-state index contributed by atoms with van der Waals surface area (Å²) in [5.41, 5.74) is 6.68.